The van der Waals surface area contributed by atoms with Gasteiger partial charge in [0.05, 0.1) is 36.3 Å². The minimum atomic E-state index is -1.19. The van der Waals surface area contributed by atoms with Gasteiger partial charge in [0.15, 0.2) is 0 Å². The van der Waals surface area contributed by atoms with E-state index in [1.165, 1.54) is 27.7 Å². The van der Waals surface area contributed by atoms with Crippen molar-refractivity contribution in [1.29, 1.82) is 0 Å². The summed E-state index contributed by atoms with van der Waals surface area (Å²) in [6.07, 6.45) is 0. The minimum absolute atomic E-state index is 0. The standard InChI is InChI=1S/4C4H6O2.ClH2.Cr/c4*1-3(2)4(5)6;;/h4*1H2,2H3,(H,5,6);1H2;/q;;;;+1;+3/p-4. The van der Waals surface area contributed by atoms with Crippen molar-refractivity contribution in [1.82, 2.24) is 0 Å². The van der Waals surface area contributed by atoms with Crippen LogP contribution in [0, 0.1) is 12.4 Å². The second-order valence-electron chi connectivity index (χ2n) is 4.27. The summed E-state index contributed by atoms with van der Waals surface area (Å²) in [7, 11) is 0. The third-order valence-electron chi connectivity index (χ3n) is 1.39. The quantitative estimate of drug-likeness (QED) is 0.420. The van der Waals surface area contributed by atoms with Gasteiger partial charge in [-0.05, 0) is 50.0 Å². The first-order chi connectivity index (χ1) is 10.6. The largest absolute Gasteiger partial charge is 3.00 e. The number of carbonyl (C=O) groups excluding carboxylic acids is 4. The van der Waals surface area contributed by atoms with Crippen molar-refractivity contribution in [3.05, 3.63) is 48.6 Å². The smallest absolute Gasteiger partial charge is 0.545 e. The molecule has 0 atom stereocenters. The van der Waals surface area contributed by atoms with Gasteiger partial charge in [0.2, 0.25) is 0 Å². The maximum atomic E-state index is 9.49. The van der Waals surface area contributed by atoms with E-state index in [2.05, 4.69) is 26.3 Å². The van der Waals surface area contributed by atoms with Crippen molar-refractivity contribution < 1.29 is 69.4 Å². The molecule has 0 amide bonds. The van der Waals surface area contributed by atoms with Gasteiger partial charge in [0, 0.05) is 0 Å². The summed E-state index contributed by atoms with van der Waals surface area (Å²) in [5, 5.41) is 38.0. The first-order valence-corrected chi connectivity index (χ1v) is 6.05. The summed E-state index contributed by atoms with van der Waals surface area (Å²) in [4.78, 5) is 38.0. The number of hydrogen-bond donors (Lipinski definition) is 0. The third-order valence-corrected chi connectivity index (χ3v) is 1.39. The van der Waals surface area contributed by atoms with E-state index in [1.54, 1.807) is 0 Å². The zero-order chi connectivity index (χ0) is 20.6. The van der Waals surface area contributed by atoms with Crippen LogP contribution in [0.3, 0.4) is 0 Å². The van der Waals surface area contributed by atoms with Crippen LogP contribution in [0.25, 0.3) is 0 Å². The molecule has 0 N–H and O–H groups in total. The van der Waals surface area contributed by atoms with Gasteiger partial charge in [0.1, 0.15) is 0 Å². The molecule has 0 saturated heterocycles. The molecule has 0 unspecified atom stereocenters. The predicted molar refractivity (Wildman–Crippen MR) is 82.1 cm³/mol. The predicted octanol–water partition coefficient (Wildman–Crippen LogP) is -3.29. The van der Waals surface area contributed by atoms with Gasteiger partial charge in [-0.25, -0.2) is 0 Å². The van der Waals surface area contributed by atoms with Crippen molar-refractivity contribution in [3.63, 3.8) is 0 Å². The molecule has 10 heteroatoms. The maximum Gasteiger partial charge on any atom is 3.00 e. The number of hydrogen-bond acceptors (Lipinski definition) is 8. The van der Waals surface area contributed by atoms with Crippen LogP contribution in [0.5, 0.6) is 0 Å². The van der Waals surface area contributed by atoms with Gasteiger partial charge in [-0.1, -0.05) is 26.3 Å². The number of aliphatic carboxylic acids is 4. The van der Waals surface area contributed by atoms with E-state index in [9.17, 15) is 39.6 Å². The Hall–Kier alpha value is -2.34. The Balaban J connectivity index is -0.0000000500. The molecule has 26 heavy (non-hydrogen) atoms. The summed E-state index contributed by atoms with van der Waals surface area (Å²) >= 11 is 0. The molecule has 0 saturated carbocycles. The van der Waals surface area contributed by atoms with E-state index in [-0.39, 0.29) is 52.1 Å². The molecular formula is C16H22ClCrO8. The van der Waals surface area contributed by atoms with Crippen molar-refractivity contribution in [2.75, 3.05) is 0 Å². The van der Waals surface area contributed by atoms with Crippen LogP contribution in [-0.2, 0) is 36.5 Å². The third kappa shape index (κ3) is 49.5. The van der Waals surface area contributed by atoms with Crippen LogP contribution in [0.1, 0.15) is 27.7 Å². The van der Waals surface area contributed by atoms with Crippen molar-refractivity contribution in [3.8, 4) is 0 Å². The molecule has 0 aromatic carbocycles. The van der Waals surface area contributed by atoms with Gasteiger partial charge in [-0.3, -0.25) is 0 Å². The molecular weight excluding hydrogens is 408 g/mol. The van der Waals surface area contributed by atoms with E-state index in [0.29, 0.717) is 0 Å². The molecule has 0 aromatic heterocycles. The Morgan fingerprint density at radius 1 is 0.500 bits per heavy atom. The molecule has 0 aliphatic carbocycles. The van der Waals surface area contributed by atoms with E-state index >= 15 is 0 Å². The summed E-state index contributed by atoms with van der Waals surface area (Å²) in [6.45, 7) is 17.9. The SMILES string of the molecule is C=C(C)C(=O)[O-].C=C(C)C(=O)[O-].C=C(C)C(=O)[O-].C=C(C)C(=O)[O-].[ClH2+].[Cr+3]. The van der Waals surface area contributed by atoms with Crippen LogP contribution in [0.15, 0.2) is 48.6 Å². The molecule has 0 spiro atoms. The van der Waals surface area contributed by atoms with Crippen molar-refractivity contribution in [2.45, 2.75) is 27.7 Å². The fourth-order valence-electron chi connectivity index (χ4n) is 0. The molecule has 0 bridgehead atoms. The van der Waals surface area contributed by atoms with Gasteiger partial charge >= 0.3 is 17.4 Å². The van der Waals surface area contributed by atoms with Gasteiger partial charge < -0.3 is 39.6 Å². The number of carboxylic acids is 4. The number of carboxylic acid groups (broad SMARTS) is 4. The topological polar surface area (TPSA) is 161 Å². The Morgan fingerprint density at radius 2 is 0.538 bits per heavy atom. The molecule has 0 aliphatic rings. The van der Waals surface area contributed by atoms with Crippen LogP contribution < -0.4 is 20.4 Å². The molecule has 0 aliphatic heterocycles. The van der Waals surface area contributed by atoms with Crippen molar-refractivity contribution >= 4 is 23.9 Å². The fourth-order valence-corrected chi connectivity index (χ4v) is 0. The average molecular weight is 430 g/mol. The molecule has 0 aromatic rings. The Kier molecular flexibility index (Phi) is 34.0. The van der Waals surface area contributed by atoms with Gasteiger partial charge in [-0.2, -0.15) is 0 Å². The zero-order valence-electron chi connectivity index (χ0n) is 14.9. The summed E-state index contributed by atoms with van der Waals surface area (Å²) < 4.78 is 0. The second-order valence-corrected chi connectivity index (χ2v) is 4.27. The monoisotopic (exact) mass is 429 g/mol. The van der Waals surface area contributed by atoms with Crippen LogP contribution in [0.4, 0.5) is 0 Å². The van der Waals surface area contributed by atoms with Crippen LogP contribution in [0.2, 0.25) is 0 Å². The molecule has 0 rings (SSSR count). The van der Waals surface area contributed by atoms with Gasteiger partial charge in [-0.15, -0.1) is 0 Å². The van der Waals surface area contributed by atoms with E-state index in [0.717, 1.165) is 0 Å². The second kappa shape index (κ2) is 22.7. The van der Waals surface area contributed by atoms with Crippen molar-refractivity contribution in [2.24, 2.45) is 0 Å². The summed E-state index contributed by atoms with van der Waals surface area (Å²) in [6, 6.07) is 0. The minimum Gasteiger partial charge on any atom is -0.545 e. The molecule has 0 fully saturated rings. The number of rotatable bonds is 4. The molecule has 8 nitrogen and oxygen atoms in total. The Labute approximate surface area is 169 Å². The van der Waals surface area contributed by atoms with E-state index in [4.69, 9.17) is 0 Å². The summed E-state index contributed by atoms with van der Waals surface area (Å²) in [5.74, 6) is -4.74. The van der Waals surface area contributed by atoms with E-state index < -0.39 is 23.9 Å². The number of halogens is 1. The zero-order valence-corrected chi connectivity index (χ0v) is 17.1. The first-order valence-electron chi connectivity index (χ1n) is 6.05. The fraction of sp³-hybridized carbons (Fsp3) is 0.250. The molecule has 1 radical (unpaired) electrons. The molecule has 147 valence electrons. The van der Waals surface area contributed by atoms with Crippen LogP contribution in [-0.4, -0.2) is 23.9 Å². The normalized spacial score (nSPS) is 6.92. The molecule has 0 heterocycles. The first kappa shape index (κ1) is 39.0. The Bertz CT molecular complexity index is 394. The maximum absolute atomic E-state index is 9.49. The Morgan fingerprint density at radius 3 is 0.538 bits per heavy atom. The average Bonchev–Trinajstić information content (AvgIpc) is 2.40. The van der Waals surface area contributed by atoms with E-state index in [1.807, 2.05) is 0 Å². The van der Waals surface area contributed by atoms with Gasteiger partial charge in [0.25, 0.3) is 0 Å². The summed E-state index contributed by atoms with van der Waals surface area (Å²) in [5.41, 5.74) is 0.259. The number of carbonyl (C=O) groups is 4. The van der Waals surface area contributed by atoms with Crippen LogP contribution >= 0.6 is 0 Å².